The molecule has 3 rings (SSSR count). The summed E-state index contributed by atoms with van der Waals surface area (Å²) in [4.78, 5) is 20.5. The number of carbonyl (C=O) groups excluding carboxylic acids is 1. The number of anilines is 1. The summed E-state index contributed by atoms with van der Waals surface area (Å²) in [5.74, 6) is 0.914. The van der Waals surface area contributed by atoms with E-state index in [4.69, 9.17) is 4.42 Å². The van der Waals surface area contributed by atoms with Crippen molar-refractivity contribution in [3.8, 4) is 11.5 Å². The van der Waals surface area contributed by atoms with Crippen molar-refractivity contribution in [3.05, 3.63) is 72.6 Å². The molecule has 0 fully saturated rings. The maximum atomic E-state index is 12.0. The van der Waals surface area contributed by atoms with E-state index in [0.717, 1.165) is 16.9 Å². The fraction of sp³-hybridized carbons (Fsp3) is 0.150. The molecule has 8 heteroatoms. The highest BCUT2D eigenvalue weighted by Crippen LogP contribution is 2.17. The second-order valence-corrected chi connectivity index (χ2v) is 5.70. The molecule has 7 nitrogen and oxygen atoms in total. The lowest BCUT2D eigenvalue weighted by molar-refractivity contribution is -0.115. The molecule has 0 radical (unpaired) electrons. The van der Waals surface area contributed by atoms with Crippen molar-refractivity contribution < 1.29 is 9.21 Å². The molecule has 146 valence electrons. The van der Waals surface area contributed by atoms with Gasteiger partial charge in [-0.1, -0.05) is 36.4 Å². The predicted octanol–water partition coefficient (Wildman–Crippen LogP) is 3.26. The Morgan fingerprint density at radius 1 is 1.04 bits per heavy atom. The van der Waals surface area contributed by atoms with Crippen molar-refractivity contribution >= 4 is 41.5 Å². The average molecular weight is 491 g/mol. The van der Waals surface area contributed by atoms with E-state index in [1.165, 1.54) is 0 Å². The molecule has 1 amide bonds. The smallest absolute Gasteiger partial charge is 0.243 e. The first-order chi connectivity index (χ1) is 13.2. The Kier molecular flexibility index (Phi) is 8.47. The Morgan fingerprint density at radius 2 is 1.71 bits per heavy atom. The quantitative estimate of drug-likeness (QED) is 0.280. The minimum atomic E-state index is -0.156. The summed E-state index contributed by atoms with van der Waals surface area (Å²) >= 11 is 0. The van der Waals surface area contributed by atoms with Gasteiger partial charge < -0.3 is 20.4 Å². The van der Waals surface area contributed by atoms with Crippen molar-refractivity contribution in [2.45, 2.75) is 6.54 Å². The molecule has 3 N–H and O–H groups in total. The van der Waals surface area contributed by atoms with E-state index in [-0.39, 0.29) is 36.4 Å². The number of nitrogens with zero attached hydrogens (tertiary/aromatic N) is 2. The van der Waals surface area contributed by atoms with E-state index in [9.17, 15) is 4.79 Å². The van der Waals surface area contributed by atoms with Crippen LogP contribution in [0.25, 0.3) is 11.5 Å². The van der Waals surface area contributed by atoms with Crippen LogP contribution < -0.4 is 16.0 Å². The highest BCUT2D eigenvalue weighted by atomic mass is 127. The van der Waals surface area contributed by atoms with Gasteiger partial charge in [0, 0.05) is 18.3 Å². The SMILES string of the molecule is CN=C(NCC(=O)Nc1ccccc1)NCc1coc(-c2ccccc2)n1.I. The molecular weight excluding hydrogens is 469 g/mol. The second-order valence-electron chi connectivity index (χ2n) is 5.70. The highest BCUT2D eigenvalue weighted by Gasteiger charge is 2.08. The largest absolute Gasteiger partial charge is 0.444 e. The third-order valence-corrected chi connectivity index (χ3v) is 3.71. The molecule has 0 aliphatic rings. The van der Waals surface area contributed by atoms with Crippen LogP contribution in [0.4, 0.5) is 5.69 Å². The lowest BCUT2D eigenvalue weighted by Crippen LogP contribution is -2.41. The van der Waals surface area contributed by atoms with Crippen LogP contribution in [0.5, 0.6) is 0 Å². The standard InChI is InChI=1S/C20H21N5O2.HI/c1-21-20(23-13-18(26)24-16-10-6-3-7-11-16)22-12-17-14-27-19(25-17)15-8-4-2-5-9-15;/h2-11,14H,12-13H2,1H3,(H,24,26)(H2,21,22,23);1H. The van der Waals surface area contributed by atoms with Crippen LogP contribution in [0.1, 0.15) is 5.69 Å². The van der Waals surface area contributed by atoms with Crippen LogP contribution in [0.3, 0.4) is 0 Å². The van der Waals surface area contributed by atoms with Crippen molar-refractivity contribution in [2.75, 3.05) is 18.9 Å². The molecule has 28 heavy (non-hydrogen) atoms. The molecule has 0 atom stereocenters. The minimum absolute atomic E-state index is 0. The Hall–Kier alpha value is -2.88. The van der Waals surface area contributed by atoms with Crippen molar-refractivity contribution in [1.82, 2.24) is 15.6 Å². The van der Waals surface area contributed by atoms with E-state index in [1.807, 2.05) is 60.7 Å². The second kappa shape index (κ2) is 11.1. The fourth-order valence-corrected chi connectivity index (χ4v) is 2.39. The minimum Gasteiger partial charge on any atom is -0.444 e. The van der Waals surface area contributed by atoms with Gasteiger partial charge >= 0.3 is 0 Å². The van der Waals surface area contributed by atoms with Crippen LogP contribution in [-0.2, 0) is 11.3 Å². The molecule has 2 aromatic carbocycles. The average Bonchev–Trinajstić information content (AvgIpc) is 3.19. The van der Waals surface area contributed by atoms with E-state index >= 15 is 0 Å². The lowest BCUT2D eigenvalue weighted by Gasteiger charge is -2.11. The maximum Gasteiger partial charge on any atom is 0.243 e. The molecule has 0 spiro atoms. The zero-order valence-electron chi connectivity index (χ0n) is 15.4. The Bertz CT molecular complexity index is 897. The number of hydrogen-bond donors (Lipinski definition) is 3. The van der Waals surface area contributed by atoms with Crippen molar-refractivity contribution in [3.63, 3.8) is 0 Å². The number of rotatable bonds is 6. The van der Waals surface area contributed by atoms with Crippen molar-refractivity contribution in [2.24, 2.45) is 4.99 Å². The zero-order valence-corrected chi connectivity index (χ0v) is 17.7. The number of aliphatic imine (C=N–C) groups is 1. The number of hydrogen-bond acceptors (Lipinski definition) is 4. The molecule has 0 aliphatic heterocycles. The van der Waals surface area contributed by atoms with E-state index in [1.54, 1.807) is 13.3 Å². The third-order valence-electron chi connectivity index (χ3n) is 3.71. The number of oxazole rings is 1. The molecule has 3 aromatic rings. The van der Waals surface area contributed by atoms with Crippen LogP contribution in [0, 0.1) is 0 Å². The number of halogens is 1. The molecule has 0 saturated heterocycles. The van der Waals surface area contributed by atoms with Gasteiger partial charge in [0.1, 0.15) is 6.26 Å². The van der Waals surface area contributed by atoms with Crippen molar-refractivity contribution in [1.29, 1.82) is 0 Å². The van der Waals surface area contributed by atoms with Crippen LogP contribution in [0.2, 0.25) is 0 Å². The molecule has 1 aromatic heterocycles. The maximum absolute atomic E-state index is 12.0. The number of aromatic nitrogens is 1. The number of amides is 1. The lowest BCUT2D eigenvalue weighted by atomic mass is 10.2. The van der Waals surface area contributed by atoms with Gasteiger partial charge in [-0.3, -0.25) is 9.79 Å². The van der Waals surface area contributed by atoms with Crippen LogP contribution in [-0.4, -0.2) is 30.4 Å². The normalized spacial score (nSPS) is 10.7. The Labute approximate surface area is 180 Å². The molecular formula is C20H22IN5O2. The summed E-state index contributed by atoms with van der Waals surface area (Å²) in [6.07, 6.45) is 1.60. The number of para-hydroxylation sites is 1. The number of carbonyl (C=O) groups is 1. The number of guanidine groups is 1. The molecule has 0 bridgehead atoms. The fourth-order valence-electron chi connectivity index (χ4n) is 2.39. The van der Waals surface area contributed by atoms with Gasteiger partial charge in [0.05, 0.1) is 18.8 Å². The summed E-state index contributed by atoms with van der Waals surface area (Å²) in [6, 6.07) is 19.0. The monoisotopic (exact) mass is 491 g/mol. The first-order valence-corrected chi connectivity index (χ1v) is 8.54. The van der Waals surface area contributed by atoms with Gasteiger partial charge in [-0.05, 0) is 24.3 Å². The van der Waals surface area contributed by atoms with Gasteiger partial charge in [-0.25, -0.2) is 4.98 Å². The summed E-state index contributed by atoms with van der Waals surface area (Å²) < 4.78 is 5.51. The molecule has 1 heterocycles. The summed E-state index contributed by atoms with van der Waals surface area (Å²) in [7, 11) is 1.64. The third kappa shape index (κ3) is 6.38. The van der Waals surface area contributed by atoms with Crippen LogP contribution in [0.15, 0.2) is 76.3 Å². The number of nitrogens with one attached hydrogen (secondary N) is 3. The van der Waals surface area contributed by atoms with Gasteiger partial charge in [0.25, 0.3) is 0 Å². The zero-order chi connectivity index (χ0) is 18.9. The topological polar surface area (TPSA) is 91.5 Å². The molecule has 0 aliphatic carbocycles. The Morgan fingerprint density at radius 3 is 2.39 bits per heavy atom. The van der Waals surface area contributed by atoms with Gasteiger partial charge in [0.15, 0.2) is 5.96 Å². The predicted molar refractivity (Wildman–Crippen MR) is 121 cm³/mol. The first-order valence-electron chi connectivity index (χ1n) is 8.54. The van der Waals surface area contributed by atoms with E-state index < -0.39 is 0 Å². The highest BCUT2D eigenvalue weighted by molar-refractivity contribution is 14.0. The summed E-state index contributed by atoms with van der Waals surface area (Å²) in [5.41, 5.74) is 2.41. The molecule has 0 saturated carbocycles. The van der Waals surface area contributed by atoms with Gasteiger partial charge in [0.2, 0.25) is 11.8 Å². The van der Waals surface area contributed by atoms with Gasteiger partial charge in [-0.2, -0.15) is 0 Å². The van der Waals surface area contributed by atoms with E-state index in [2.05, 4.69) is 25.9 Å². The Balaban J connectivity index is 0.00000280. The van der Waals surface area contributed by atoms with Crippen LogP contribution >= 0.6 is 24.0 Å². The summed E-state index contributed by atoms with van der Waals surface area (Å²) in [5, 5.41) is 8.88. The van der Waals surface area contributed by atoms with E-state index in [0.29, 0.717) is 18.4 Å². The van der Waals surface area contributed by atoms with Gasteiger partial charge in [-0.15, -0.1) is 24.0 Å². The molecule has 0 unspecified atom stereocenters. The first kappa shape index (κ1) is 21.4. The summed E-state index contributed by atoms with van der Waals surface area (Å²) in [6.45, 7) is 0.527. The number of benzene rings is 2.